The molecule has 0 spiro atoms. The lowest BCUT2D eigenvalue weighted by atomic mass is 9.98. The SMILES string of the molecule is N#Cc1nccn1COC(=O)OC1CCCCC1. The molecule has 1 aliphatic rings. The number of hydrogen-bond donors (Lipinski definition) is 0. The van der Waals surface area contributed by atoms with E-state index in [2.05, 4.69) is 4.98 Å². The van der Waals surface area contributed by atoms with Gasteiger partial charge in [0.2, 0.25) is 5.82 Å². The fourth-order valence-corrected chi connectivity index (χ4v) is 2.00. The third-order valence-corrected chi connectivity index (χ3v) is 2.95. The van der Waals surface area contributed by atoms with Crippen molar-refractivity contribution in [3.8, 4) is 6.07 Å². The zero-order chi connectivity index (χ0) is 12.8. The van der Waals surface area contributed by atoms with Crippen LogP contribution in [0.5, 0.6) is 0 Å². The van der Waals surface area contributed by atoms with E-state index in [1.165, 1.54) is 17.2 Å². The summed E-state index contributed by atoms with van der Waals surface area (Å²) in [6.07, 6.45) is 7.56. The van der Waals surface area contributed by atoms with Crippen molar-refractivity contribution in [1.29, 1.82) is 5.26 Å². The van der Waals surface area contributed by atoms with E-state index in [0.717, 1.165) is 25.7 Å². The summed E-state index contributed by atoms with van der Waals surface area (Å²) in [5.74, 6) is 0.209. The minimum Gasteiger partial charge on any atom is -0.431 e. The van der Waals surface area contributed by atoms with Gasteiger partial charge in [-0.15, -0.1) is 0 Å². The van der Waals surface area contributed by atoms with Crippen molar-refractivity contribution in [3.05, 3.63) is 18.2 Å². The lowest BCUT2D eigenvalue weighted by molar-refractivity contribution is -0.00375. The Kier molecular flexibility index (Phi) is 4.18. The number of ether oxygens (including phenoxy) is 2. The maximum atomic E-state index is 11.4. The standard InChI is InChI=1S/C12H15N3O3/c13-8-11-14-6-7-15(11)9-17-12(16)18-10-4-2-1-3-5-10/h6-7,10H,1-5,9H2. The molecule has 2 rings (SSSR count). The van der Waals surface area contributed by atoms with E-state index in [0.29, 0.717) is 0 Å². The highest BCUT2D eigenvalue weighted by Gasteiger charge is 2.18. The van der Waals surface area contributed by atoms with Gasteiger partial charge < -0.3 is 9.47 Å². The van der Waals surface area contributed by atoms with Crippen LogP contribution in [0, 0.1) is 11.3 Å². The summed E-state index contributed by atoms with van der Waals surface area (Å²) in [5, 5.41) is 8.73. The second-order valence-corrected chi connectivity index (χ2v) is 4.23. The Morgan fingerprint density at radius 1 is 1.50 bits per heavy atom. The molecule has 18 heavy (non-hydrogen) atoms. The van der Waals surface area contributed by atoms with Gasteiger partial charge in [0.25, 0.3) is 0 Å². The van der Waals surface area contributed by atoms with E-state index in [9.17, 15) is 4.79 Å². The molecular weight excluding hydrogens is 234 g/mol. The molecule has 6 heteroatoms. The second-order valence-electron chi connectivity index (χ2n) is 4.23. The van der Waals surface area contributed by atoms with Gasteiger partial charge in [0.05, 0.1) is 0 Å². The number of nitriles is 1. The summed E-state index contributed by atoms with van der Waals surface area (Å²) in [4.78, 5) is 15.2. The first kappa shape index (κ1) is 12.4. The molecule has 0 aromatic carbocycles. The number of hydrogen-bond acceptors (Lipinski definition) is 5. The zero-order valence-electron chi connectivity index (χ0n) is 10.0. The summed E-state index contributed by atoms with van der Waals surface area (Å²) in [6, 6.07) is 1.90. The maximum absolute atomic E-state index is 11.4. The smallest absolute Gasteiger partial charge is 0.431 e. The van der Waals surface area contributed by atoms with Crippen LogP contribution < -0.4 is 0 Å². The molecule has 1 aromatic rings. The zero-order valence-corrected chi connectivity index (χ0v) is 10.0. The van der Waals surface area contributed by atoms with Crippen molar-refractivity contribution in [2.75, 3.05) is 0 Å². The van der Waals surface area contributed by atoms with E-state index in [-0.39, 0.29) is 18.7 Å². The van der Waals surface area contributed by atoms with Crippen LogP contribution in [0.1, 0.15) is 37.9 Å². The normalized spacial score (nSPS) is 15.9. The average molecular weight is 249 g/mol. The molecule has 1 aliphatic carbocycles. The second kappa shape index (κ2) is 6.05. The van der Waals surface area contributed by atoms with E-state index in [1.54, 1.807) is 6.20 Å². The predicted octanol–water partition coefficient (Wildman–Crippen LogP) is 2.20. The Morgan fingerprint density at radius 3 is 3.00 bits per heavy atom. The molecule has 0 unspecified atom stereocenters. The van der Waals surface area contributed by atoms with Crippen molar-refractivity contribution >= 4 is 6.16 Å². The number of rotatable bonds is 3. The van der Waals surface area contributed by atoms with E-state index in [4.69, 9.17) is 14.7 Å². The molecule has 0 bridgehead atoms. The number of carbonyl (C=O) groups is 1. The molecule has 0 radical (unpaired) electrons. The highest BCUT2D eigenvalue weighted by atomic mass is 16.7. The van der Waals surface area contributed by atoms with Crippen LogP contribution in [0.3, 0.4) is 0 Å². The quantitative estimate of drug-likeness (QED) is 0.767. The minimum absolute atomic E-state index is 0.0236. The van der Waals surface area contributed by atoms with E-state index >= 15 is 0 Å². The van der Waals surface area contributed by atoms with Crippen LogP contribution in [0.15, 0.2) is 12.4 Å². The van der Waals surface area contributed by atoms with Crippen LogP contribution in [-0.4, -0.2) is 21.8 Å². The molecule has 0 aliphatic heterocycles. The van der Waals surface area contributed by atoms with Crippen LogP contribution in [-0.2, 0) is 16.2 Å². The average Bonchev–Trinajstić information content (AvgIpc) is 2.85. The maximum Gasteiger partial charge on any atom is 0.510 e. The third-order valence-electron chi connectivity index (χ3n) is 2.95. The van der Waals surface area contributed by atoms with Gasteiger partial charge >= 0.3 is 6.16 Å². The van der Waals surface area contributed by atoms with Gasteiger partial charge in [-0.3, -0.25) is 4.57 Å². The predicted molar refractivity (Wildman–Crippen MR) is 61.4 cm³/mol. The van der Waals surface area contributed by atoms with Crippen LogP contribution >= 0.6 is 0 Å². The highest BCUT2D eigenvalue weighted by Crippen LogP contribution is 2.20. The monoisotopic (exact) mass is 249 g/mol. The molecule has 1 aromatic heterocycles. The summed E-state index contributed by atoms with van der Waals surface area (Å²) >= 11 is 0. The van der Waals surface area contributed by atoms with Gasteiger partial charge in [-0.2, -0.15) is 5.26 Å². The highest BCUT2D eigenvalue weighted by molar-refractivity contribution is 5.59. The largest absolute Gasteiger partial charge is 0.510 e. The van der Waals surface area contributed by atoms with Crippen molar-refractivity contribution in [2.45, 2.75) is 44.9 Å². The summed E-state index contributed by atoms with van der Waals surface area (Å²) in [6.45, 7) is -0.0472. The number of imidazole rings is 1. The van der Waals surface area contributed by atoms with Crippen LogP contribution in [0.2, 0.25) is 0 Å². The molecule has 1 heterocycles. The summed E-state index contributed by atoms with van der Waals surface area (Å²) in [7, 11) is 0. The lowest BCUT2D eigenvalue weighted by Crippen LogP contribution is -2.22. The van der Waals surface area contributed by atoms with E-state index < -0.39 is 6.16 Å². The van der Waals surface area contributed by atoms with Crippen LogP contribution in [0.4, 0.5) is 4.79 Å². The minimum atomic E-state index is -0.681. The summed E-state index contributed by atoms with van der Waals surface area (Å²) < 4.78 is 11.6. The van der Waals surface area contributed by atoms with E-state index in [1.807, 2.05) is 6.07 Å². The van der Waals surface area contributed by atoms with Crippen molar-refractivity contribution in [1.82, 2.24) is 9.55 Å². The van der Waals surface area contributed by atoms with Crippen molar-refractivity contribution in [3.63, 3.8) is 0 Å². The van der Waals surface area contributed by atoms with Gasteiger partial charge in [0.15, 0.2) is 6.73 Å². The first-order valence-electron chi connectivity index (χ1n) is 6.04. The van der Waals surface area contributed by atoms with Gasteiger partial charge in [-0.05, 0) is 25.7 Å². The Labute approximate surface area is 105 Å². The fourth-order valence-electron chi connectivity index (χ4n) is 2.00. The molecule has 0 amide bonds. The third kappa shape index (κ3) is 3.23. The van der Waals surface area contributed by atoms with Gasteiger partial charge in [0, 0.05) is 12.4 Å². The fraction of sp³-hybridized carbons (Fsp3) is 0.583. The molecule has 96 valence electrons. The van der Waals surface area contributed by atoms with Gasteiger partial charge in [-0.1, -0.05) is 6.42 Å². The van der Waals surface area contributed by atoms with Crippen LogP contribution in [0.25, 0.3) is 0 Å². The molecule has 0 N–H and O–H groups in total. The van der Waals surface area contributed by atoms with Crippen molar-refractivity contribution < 1.29 is 14.3 Å². The van der Waals surface area contributed by atoms with Crippen molar-refractivity contribution in [2.24, 2.45) is 0 Å². The molecule has 6 nitrogen and oxygen atoms in total. The topological polar surface area (TPSA) is 77.1 Å². The summed E-state index contributed by atoms with van der Waals surface area (Å²) in [5.41, 5.74) is 0. The Hall–Kier alpha value is -2.03. The van der Waals surface area contributed by atoms with Gasteiger partial charge in [0.1, 0.15) is 12.2 Å². The first-order chi connectivity index (χ1) is 8.79. The van der Waals surface area contributed by atoms with Gasteiger partial charge in [-0.25, -0.2) is 9.78 Å². The number of carbonyl (C=O) groups excluding carboxylic acids is 1. The Balaban J connectivity index is 1.76. The first-order valence-corrected chi connectivity index (χ1v) is 6.04. The molecule has 1 saturated carbocycles. The number of aromatic nitrogens is 2. The Morgan fingerprint density at radius 2 is 2.28 bits per heavy atom. The lowest BCUT2D eigenvalue weighted by Gasteiger charge is -2.21. The molecule has 1 fully saturated rings. The Bertz CT molecular complexity index is 444. The molecular formula is C12H15N3O3. The molecule has 0 atom stereocenters. The number of nitrogens with zero attached hydrogens (tertiary/aromatic N) is 3. The molecule has 0 saturated heterocycles.